The highest BCUT2D eigenvalue weighted by Gasteiger charge is 2.25. The Balaban J connectivity index is 1.88. The standard InChI is InChI=1S/C16H22N2O2/c1-11-7-9-13(10-8-11)17-15(19)16(20)18-14-6-4-3-5-12(14)2/h7-10,12,14H,3-6H2,1-2H3,(H,17,19)(H,18,20)/t12-,14-/m0/s1. The van der Waals surface area contributed by atoms with Crippen molar-refractivity contribution in [1.29, 1.82) is 0 Å². The lowest BCUT2D eigenvalue weighted by atomic mass is 9.86. The van der Waals surface area contributed by atoms with Crippen molar-refractivity contribution in [3.05, 3.63) is 29.8 Å². The van der Waals surface area contributed by atoms with E-state index in [2.05, 4.69) is 17.6 Å². The van der Waals surface area contributed by atoms with Crippen LogP contribution in [0.3, 0.4) is 0 Å². The highest BCUT2D eigenvalue weighted by molar-refractivity contribution is 6.39. The Bertz CT molecular complexity index is 482. The SMILES string of the molecule is Cc1ccc(NC(=O)C(=O)N[C@H]2CCCC[C@@H]2C)cc1. The van der Waals surface area contributed by atoms with Gasteiger partial charge in [0.25, 0.3) is 0 Å². The number of carbonyl (C=O) groups excluding carboxylic acids is 2. The van der Waals surface area contributed by atoms with Crippen molar-refractivity contribution in [2.45, 2.75) is 45.6 Å². The van der Waals surface area contributed by atoms with E-state index in [4.69, 9.17) is 0 Å². The maximum absolute atomic E-state index is 11.9. The fourth-order valence-corrected chi connectivity index (χ4v) is 2.59. The molecule has 1 aromatic carbocycles. The van der Waals surface area contributed by atoms with Crippen molar-refractivity contribution < 1.29 is 9.59 Å². The normalized spacial score (nSPS) is 22.1. The first-order valence-corrected chi connectivity index (χ1v) is 7.25. The van der Waals surface area contributed by atoms with Crippen LogP contribution >= 0.6 is 0 Å². The second kappa shape index (κ2) is 6.55. The number of amides is 2. The van der Waals surface area contributed by atoms with Gasteiger partial charge in [0.2, 0.25) is 0 Å². The van der Waals surface area contributed by atoms with E-state index in [1.165, 1.54) is 6.42 Å². The minimum Gasteiger partial charge on any atom is -0.345 e. The van der Waals surface area contributed by atoms with Crippen LogP contribution in [-0.2, 0) is 9.59 Å². The van der Waals surface area contributed by atoms with Gasteiger partial charge in [-0.15, -0.1) is 0 Å². The van der Waals surface area contributed by atoms with Crippen LogP contribution in [0.15, 0.2) is 24.3 Å². The molecule has 1 aliphatic carbocycles. The van der Waals surface area contributed by atoms with E-state index in [0.717, 1.165) is 24.8 Å². The van der Waals surface area contributed by atoms with Gasteiger partial charge in [0.05, 0.1) is 0 Å². The van der Waals surface area contributed by atoms with Gasteiger partial charge in [-0.05, 0) is 37.8 Å². The Kier molecular flexibility index (Phi) is 4.77. The first kappa shape index (κ1) is 14.6. The van der Waals surface area contributed by atoms with Crippen molar-refractivity contribution in [3.63, 3.8) is 0 Å². The van der Waals surface area contributed by atoms with Crippen LogP contribution in [0.1, 0.15) is 38.2 Å². The van der Waals surface area contributed by atoms with Gasteiger partial charge < -0.3 is 10.6 Å². The Labute approximate surface area is 119 Å². The molecular weight excluding hydrogens is 252 g/mol. The fourth-order valence-electron chi connectivity index (χ4n) is 2.59. The highest BCUT2D eigenvalue weighted by atomic mass is 16.2. The molecule has 2 atom stereocenters. The first-order chi connectivity index (χ1) is 9.56. The number of benzene rings is 1. The molecule has 4 nitrogen and oxygen atoms in total. The maximum atomic E-state index is 11.9. The summed E-state index contributed by atoms with van der Waals surface area (Å²) in [6.07, 6.45) is 4.41. The molecule has 108 valence electrons. The van der Waals surface area contributed by atoms with Gasteiger partial charge >= 0.3 is 11.8 Å². The van der Waals surface area contributed by atoms with E-state index < -0.39 is 11.8 Å². The molecule has 20 heavy (non-hydrogen) atoms. The Morgan fingerprint density at radius 1 is 1.05 bits per heavy atom. The zero-order chi connectivity index (χ0) is 14.5. The van der Waals surface area contributed by atoms with E-state index in [0.29, 0.717) is 11.6 Å². The summed E-state index contributed by atoms with van der Waals surface area (Å²) in [4.78, 5) is 23.8. The molecule has 2 amide bonds. The summed E-state index contributed by atoms with van der Waals surface area (Å²) in [6, 6.07) is 7.51. The topological polar surface area (TPSA) is 58.2 Å². The van der Waals surface area contributed by atoms with Crippen LogP contribution in [0.25, 0.3) is 0 Å². The second-order valence-electron chi connectivity index (χ2n) is 5.66. The van der Waals surface area contributed by atoms with Gasteiger partial charge in [-0.1, -0.05) is 37.5 Å². The molecule has 0 saturated heterocycles. The number of rotatable bonds is 2. The first-order valence-electron chi connectivity index (χ1n) is 7.25. The van der Waals surface area contributed by atoms with E-state index in [-0.39, 0.29) is 6.04 Å². The van der Waals surface area contributed by atoms with Crippen LogP contribution in [0, 0.1) is 12.8 Å². The van der Waals surface area contributed by atoms with Crippen LogP contribution in [-0.4, -0.2) is 17.9 Å². The van der Waals surface area contributed by atoms with E-state index in [1.54, 1.807) is 12.1 Å². The van der Waals surface area contributed by atoms with E-state index >= 15 is 0 Å². The Morgan fingerprint density at radius 3 is 2.35 bits per heavy atom. The molecule has 1 aliphatic rings. The van der Waals surface area contributed by atoms with Gasteiger partial charge in [-0.25, -0.2) is 0 Å². The maximum Gasteiger partial charge on any atom is 0.313 e. The molecule has 0 spiro atoms. The van der Waals surface area contributed by atoms with Gasteiger partial charge in [0.1, 0.15) is 0 Å². The third kappa shape index (κ3) is 3.83. The van der Waals surface area contributed by atoms with Gasteiger partial charge in [0, 0.05) is 11.7 Å². The minimum atomic E-state index is -0.591. The molecule has 0 unspecified atom stereocenters. The number of hydrogen-bond acceptors (Lipinski definition) is 2. The zero-order valence-electron chi connectivity index (χ0n) is 12.1. The van der Waals surface area contributed by atoms with Crippen molar-refractivity contribution >= 4 is 17.5 Å². The lowest BCUT2D eigenvalue weighted by Gasteiger charge is -2.29. The Hall–Kier alpha value is -1.84. The molecule has 0 aliphatic heterocycles. The van der Waals surface area contributed by atoms with Crippen LogP contribution in [0.4, 0.5) is 5.69 Å². The van der Waals surface area contributed by atoms with Crippen molar-refractivity contribution in [2.24, 2.45) is 5.92 Å². The van der Waals surface area contributed by atoms with Gasteiger partial charge in [-0.2, -0.15) is 0 Å². The second-order valence-corrected chi connectivity index (χ2v) is 5.66. The summed E-state index contributed by atoms with van der Waals surface area (Å²) in [5, 5.41) is 5.47. The summed E-state index contributed by atoms with van der Waals surface area (Å²) in [6.45, 7) is 4.10. The molecule has 2 rings (SSSR count). The molecular formula is C16H22N2O2. The summed E-state index contributed by atoms with van der Waals surface area (Å²) in [7, 11) is 0. The number of hydrogen-bond donors (Lipinski definition) is 2. The fraction of sp³-hybridized carbons (Fsp3) is 0.500. The largest absolute Gasteiger partial charge is 0.345 e. The predicted octanol–water partition coefficient (Wildman–Crippen LogP) is 2.63. The van der Waals surface area contributed by atoms with E-state index in [9.17, 15) is 9.59 Å². The number of aryl methyl sites for hydroxylation is 1. The summed E-state index contributed by atoms with van der Waals surface area (Å²) in [5.74, 6) is -0.684. The van der Waals surface area contributed by atoms with E-state index in [1.807, 2.05) is 19.1 Å². The molecule has 1 saturated carbocycles. The van der Waals surface area contributed by atoms with Crippen LogP contribution < -0.4 is 10.6 Å². The molecule has 0 aromatic heterocycles. The van der Waals surface area contributed by atoms with Crippen molar-refractivity contribution in [3.8, 4) is 0 Å². The van der Waals surface area contributed by atoms with Crippen molar-refractivity contribution in [2.75, 3.05) is 5.32 Å². The highest BCUT2D eigenvalue weighted by Crippen LogP contribution is 2.23. The van der Waals surface area contributed by atoms with Crippen LogP contribution in [0.2, 0.25) is 0 Å². The van der Waals surface area contributed by atoms with Crippen molar-refractivity contribution in [1.82, 2.24) is 5.32 Å². The average molecular weight is 274 g/mol. The molecule has 0 bridgehead atoms. The number of nitrogens with one attached hydrogen (secondary N) is 2. The molecule has 4 heteroatoms. The van der Waals surface area contributed by atoms with Gasteiger partial charge in [-0.3, -0.25) is 9.59 Å². The lowest BCUT2D eigenvalue weighted by Crippen LogP contribution is -2.45. The smallest absolute Gasteiger partial charge is 0.313 e. The monoisotopic (exact) mass is 274 g/mol. The third-order valence-corrected chi connectivity index (χ3v) is 3.94. The zero-order valence-corrected chi connectivity index (χ0v) is 12.1. The lowest BCUT2D eigenvalue weighted by molar-refractivity contribution is -0.137. The van der Waals surface area contributed by atoms with Gasteiger partial charge in [0.15, 0.2) is 0 Å². The average Bonchev–Trinajstić information content (AvgIpc) is 2.44. The molecule has 0 heterocycles. The predicted molar refractivity (Wildman–Crippen MR) is 79.4 cm³/mol. The Morgan fingerprint density at radius 2 is 1.70 bits per heavy atom. The number of carbonyl (C=O) groups is 2. The third-order valence-electron chi connectivity index (χ3n) is 3.94. The van der Waals surface area contributed by atoms with Crippen LogP contribution in [0.5, 0.6) is 0 Å². The minimum absolute atomic E-state index is 0.125. The molecule has 1 aromatic rings. The number of anilines is 1. The quantitative estimate of drug-likeness (QED) is 0.814. The molecule has 1 fully saturated rings. The summed E-state index contributed by atoms with van der Waals surface area (Å²) in [5.41, 5.74) is 1.76. The summed E-state index contributed by atoms with van der Waals surface area (Å²) < 4.78 is 0. The molecule has 2 N–H and O–H groups in total. The summed E-state index contributed by atoms with van der Waals surface area (Å²) >= 11 is 0. The molecule has 0 radical (unpaired) electrons.